The minimum Gasteiger partial charge on any atom is -0.497 e. The molecule has 1 unspecified atom stereocenters. The van der Waals surface area contributed by atoms with Crippen LogP contribution < -0.4 is 10.1 Å². The van der Waals surface area contributed by atoms with Gasteiger partial charge >= 0.3 is 0 Å². The molecular formula is C20H28N2O3S. The lowest BCUT2D eigenvalue weighted by Gasteiger charge is -2.54. The monoisotopic (exact) mass is 376 g/mol. The number of hydrogen-bond donors (Lipinski definition) is 1. The Kier molecular flexibility index (Phi) is 5.04. The molecule has 1 amide bonds. The van der Waals surface area contributed by atoms with Crippen molar-refractivity contribution in [1.29, 1.82) is 0 Å². The van der Waals surface area contributed by atoms with E-state index in [0.29, 0.717) is 29.3 Å². The third kappa shape index (κ3) is 3.80. The Hall–Kier alpha value is -1.43. The summed E-state index contributed by atoms with van der Waals surface area (Å²) in [5.74, 6) is 4.05. The molecule has 5 rings (SSSR count). The molecule has 142 valence electrons. The van der Waals surface area contributed by atoms with E-state index in [2.05, 4.69) is 10.3 Å². The van der Waals surface area contributed by atoms with E-state index in [0.717, 1.165) is 17.5 Å². The van der Waals surface area contributed by atoms with Crippen molar-refractivity contribution in [3.8, 4) is 5.75 Å². The van der Waals surface area contributed by atoms with Crippen molar-refractivity contribution in [3.05, 3.63) is 23.5 Å². The van der Waals surface area contributed by atoms with Gasteiger partial charge in [-0.15, -0.1) is 0 Å². The molecule has 4 saturated carbocycles. The zero-order valence-corrected chi connectivity index (χ0v) is 16.4. The molecule has 0 aliphatic heterocycles. The second-order valence-electron chi connectivity index (χ2n) is 8.39. The summed E-state index contributed by atoms with van der Waals surface area (Å²) in [7, 11) is 0.346. The van der Waals surface area contributed by atoms with Crippen LogP contribution in [0.3, 0.4) is 0 Å². The number of rotatable bonds is 6. The van der Waals surface area contributed by atoms with Crippen molar-refractivity contribution in [2.45, 2.75) is 50.8 Å². The van der Waals surface area contributed by atoms with Gasteiger partial charge in [-0.3, -0.25) is 14.0 Å². The average molecular weight is 377 g/mol. The Morgan fingerprint density at radius 3 is 2.46 bits per heavy atom. The lowest BCUT2D eigenvalue weighted by Crippen LogP contribution is -2.56. The number of aryl methyl sites for hydroxylation is 1. The van der Waals surface area contributed by atoms with Gasteiger partial charge in [0.25, 0.3) is 0 Å². The SMILES string of the molecule is COc1cc(C)nc(CS(=O)CC(=O)NC2C3CC4CC(C3)CC2C4)c1. The summed E-state index contributed by atoms with van der Waals surface area (Å²) in [6.07, 6.45) is 6.49. The smallest absolute Gasteiger partial charge is 0.232 e. The molecule has 1 heterocycles. The van der Waals surface area contributed by atoms with Gasteiger partial charge in [-0.1, -0.05) is 0 Å². The highest BCUT2D eigenvalue weighted by molar-refractivity contribution is 7.84. The molecule has 1 N–H and O–H groups in total. The second-order valence-corrected chi connectivity index (χ2v) is 9.85. The number of hydrogen-bond acceptors (Lipinski definition) is 4. The fraction of sp³-hybridized carbons (Fsp3) is 0.700. The summed E-state index contributed by atoms with van der Waals surface area (Å²) in [5.41, 5.74) is 1.54. The van der Waals surface area contributed by atoms with Crippen molar-refractivity contribution >= 4 is 16.7 Å². The number of pyridine rings is 1. The number of nitrogens with one attached hydrogen (secondary N) is 1. The highest BCUT2D eigenvalue weighted by atomic mass is 32.2. The van der Waals surface area contributed by atoms with E-state index in [1.54, 1.807) is 13.2 Å². The minimum absolute atomic E-state index is 0.0563. The maximum Gasteiger partial charge on any atom is 0.232 e. The highest BCUT2D eigenvalue weighted by Gasteiger charge is 2.48. The Morgan fingerprint density at radius 1 is 1.19 bits per heavy atom. The number of carbonyl (C=O) groups is 1. The topological polar surface area (TPSA) is 68.3 Å². The molecule has 26 heavy (non-hydrogen) atoms. The maximum atomic E-state index is 12.5. The summed E-state index contributed by atoms with van der Waals surface area (Å²) in [4.78, 5) is 16.9. The van der Waals surface area contributed by atoms with Crippen LogP contribution in [0.4, 0.5) is 0 Å². The molecule has 6 heteroatoms. The summed E-state index contributed by atoms with van der Waals surface area (Å²) in [5, 5.41) is 3.24. The normalized spacial score (nSPS) is 33.1. The molecule has 4 fully saturated rings. The van der Waals surface area contributed by atoms with Gasteiger partial charge in [-0.05, 0) is 62.7 Å². The van der Waals surface area contributed by atoms with E-state index in [9.17, 15) is 9.00 Å². The van der Waals surface area contributed by atoms with Gasteiger partial charge in [-0.2, -0.15) is 0 Å². The van der Waals surface area contributed by atoms with Crippen molar-refractivity contribution in [2.24, 2.45) is 23.7 Å². The molecule has 0 aromatic carbocycles. The Labute approximate surface area is 157 Å². The first-order valence-electron chi connectivity index (χ1n) is 9.66. The van der Waals surface area contributed by atoms with E-state index in [-0.39, 0.29) is 17.4 Å². The van der Waals surface area contributed by atoms with Crippen LogP contribution in [0, 0.1) is 30.6 Å². The number of carbonyl (C=O) groups excluding carboxylic acids is 1. The van der Waals surface area contributed by atoms with Crippen LogP contribution in [0.25, 0.3) is 0 Å². The zero-order chi connectivity index (χ0) is 18.3. The van der Waals surface area contributed by atoms with Gasteiger partial charge in [-0.25, -0.2) is 0 Å². The van der Waals surface area contributed by atoms with Gasteiger partial charge in [0.1, 0.15) is 11.5 Å². The van der Waals surface area contributed by atoms with Gasteiger partial charge < -0.3 is 10.1 Å². The van der Waals surface area contributed by atoms with Crippen molar-refractivity contribution in [1.82, 2.24) is 10.3 Å². The minimum atomic E-state index is -1.26. The third-order valence-corrected chi connectivity index (χ3v) is 7.57. The second kappa shape index (κ2) is 7.29. The van der Waals surface area contributed by atoms with Crippen LogP contribution >= 0.6 is 0 Å². The predicted molar refractivity (Wildman–Crippen MR) is 101 cm³/mol. The van der Waals surface area contributed by atoms with E-state index in [4.69, 9.17) is 4.74 Å². The van der Waals surface area contributed by atoms with Crippen LogP contribution in [0.5, 0.6) is 5.75 Å². The van der Waals surface area contributed by atoms with Gasteiger partial charge in [0.2, 0.25) is 5.91 Å². The lowest BCUT2D eigenvalue weighted by molar-refractivity contribution is -0.122. The molecule has 4 aliphatic carbocycles. The zero-order valence-electron chi connectivity index (χ0n) is 15.6. The quantitative estimate of drug-likeness (QED) is 0.829. The van der Waals surface area contributed by atoms with Crippen LogP contribution in [-0.4, -0.2) is 34.0 Å². The molecule has 4 bridgehead atoms. The average Bonchev–Trinajstić information content (AvgIpc) is 2.56. The molecule has 1 aromatic rings. The third-order valence-electron chi connectivity index (χ3n) is 6.37. The number of nitrogens with zero attached hydrogens (tertiary/aromatic N) is 1. The van der Waals surface area contributed by atoms with E-state index >= 15 is 0 Å². The number of methoxy groups -OCH3 is 1. The molecule has 0 radical (unpaired) electrons. The molecule has 4 aliphatic rings. The number of aromatic nitrogens is 1. The van der Waals surface area contributed by atoms with Gasteiger partial charge in [0.05, 0.1) is 18.6 Å². The van der Waals surface area contributed by atoms with Crippen molar-refractivity contribution in [3.63, 3.8) is 0 Å². The maximum absolute atomic E-state index is 12.5. The van der Waals surface area contributed by atoms with E-state index in [1.165, 1.54) is 32.1 Å². The Bertz CT molecular complexity index is 693. The fourth-order valence-corrected chi connectivity index (χ4v) is 6.60. The first-order chi connectivity index (χ1) is 12.5. The summed E-state index contributed by atoms with van der Waals surface area (Å²) in [6, 6.07) is 3.94. The standard InChI is InChI=1S/C20H28N2O3S/c1-12-3-18(25-2)9-17(21-12)10-26(24)11-19(23)22-20-15-5-13-4-14(7-15)8-16(20)6-13/h3,9,13-16,20H,4-8,10-11H2,1-2H3,(H,22,23). The van der Waals surface area contributed by atoms with Gasteiger partial charge in [0.15, 0.2) is 0 Å². The van der Waals surface area contributed by atoms with Crippen LogP contribution in [0.15, 0.2) is 12.1 Å². The highest BCUT2D eigenvalue weighted by Crippen LogP contribution is 2.53. The lowest BCUT2D eigenvalue weighted by atomic mass is 9.54. The summed E-state index contributed by atoms with van der Waals surface area (Å²) >= 11 is 0. The predicted octanol–water partition coefficient (Wildman–Crippen LogP) is 2.59. The molecule has 1 aromatic heterocycles. The van der Waals surface area contributed by atoms with Crippen LogP contribution in [0.1, 0.15) is 43.5 Å². The Balaban J connectivity index is 1.32. The molecule has 5 nitrogen and oxygen atoms in total. The van der Waals surface area contributed by atoms with Crippen molar-refractivity contribution < 1.29 is 13.7 Å². The summed E-state index contributed by atoms with van der Waals surface area (Å²) in [6.45, 7) is 1.88. The fourth-order valence-electron chi connectivity index (χ4n) is 5.65. The number of ether oxygens (including phenoxy) is 1. The first kappa shape index (κ1) is 18.0. The van der Waals surface area contributed by atoms with Crippen LogP contribution in [0.2, 0.25) is 0 Å². The van der Waals surface area contributed by atoms with Crippen molar-refractivity contribution in [2.75, 3.05) is 12.9 Å². The molecule has 0 saturated heterocycles. The largest absolute Gasteiger partial charge is 0.497 e. The number of amides is 1. The molecular weight excluding hydrogens is 348 g/mol. The molecule has 0 spiro atoms. The van der Waals surface area contributed by atoms with E-state index < -0.39 is 10.8 Å². The first-order valence-corrected chi connectivity index (χ1v) is 11.1. The van der Waals surface area contributed by atoms with Crippen LogP contribution in [-0.2, 0) is 21.3 Å². The summed E-state index contributed by atoms with van der Waals surface area (Å²) < 4.78 is 17.7. The Morgan fingerprint density at radius 2 is 1.85 bits per heavy atom. The van der Waals surface area contributed by atoms with Gasteiger partial charge in [0, 0.05) is 34.7 Å². The molecule has 1 atom stereocenters. The van der Waals surface area contributed by atoms with E-state index in [1.807, 2.05) is 13.0 Å².